The first kappa shape index (κ1) is 25.1. The van der Waals surface area contributed by atoms with E-state index < -0.39 is 21.8 Å². The van der Waals surface area contributed by atoms with E-state index in [1.807, 2.05) is 25.3 Å². The van der Waals surface area contributed by atoms with Gasteiger partial charge in [-0.3, -0.25) is 25.2 Å². The van der Waals surface area contributed by atoms with Crippen LogP contribution in [0.5, 0.6) is 5.75 Å². The Morgan fingerprint density at radius 1 is 0.824 bits per heavy atom. The summed E-state index contributed by atoms with van der Waals surface area (Å²) in [5.74, 6) is 0.457. The zero-order chi connectivity index (χ0) is 24.6. The molecular formula is C24H25N3O5S2. The van der Waals surface area contributed by atoms with Crippen molar-refractivity contribution in [2.75, 3.05) is 17.6 Å². The van der Waals surface area contributed by atoms with Crippen LogP contribution in [0.4, 0.5) is 5.69 Å². The lowest BCUT2D eigenvalue weighted by atomic mass is 10.1. The van der Waals surface area contributed by atoms with E-state index in [0.717, 1.165) is 11.3 Å². The van der Waals surface area contributed by atoms with E-state index >= 15 is 0 Å². The molecule has 0 saturated carbocycles. The van der Waals surface area contributed by atoms with Gasteiger partial charge >= 0.3 is 0 Å². The fourth-order valence-electron chi connectivity index (χ4n) is 2.96. The van der Waals surface area contributed by atoms with E-state index in [1.54, 1.807) is 36.0 Å². The smallest absolute Gasteiger partial charge is 0.269 e. The number of sulfonamides is 1. The van der Waals surface area contributed by atoms with Crippen molar-refractivity contribution in [3.63, 3.8) is 0 Å². The Balaban J connectivity index is 1.56. The molecule has 0 bridgehead atoms. The highest BCUT2D eigenvalue weighted by molar-refractivity contribution is 7.97. The third-order valence-corrected chi connectivity index (χ3v) is 6.68. The predicted octanol–water partition coefficient (Wildman–Crippen LogP) is 3.82. The van der Waals surface area contributed by atoms with Crippen LogP contribution in [0.25, 0.3) is 0 Å². The average molecular weight is 500 g/mol. The lowest BCUT2D eigenvalue weighted by Crippen LogP contribution is -2.41. The molecule has 0 spiro atoms. The Morgan fingerprint density at radius 2 is 1.35 bits per heavy atom. The summed E-state index contributed by atoms with van der Waals surface area (Å²) in [4.78, 5) is 24.7. The minimum atomic E-state index is -3.80. The second kappa shape index (κ2) is 11.6. The van der Waals surface area contributed by atoms with E-state index in [1.165, 1.54) is 36.4 Å². The van der Waals surface area contributed by atoms with Crippen molar-refractivity contribution >= 4 is 39.3 Å². The van der Waals surface area contributed by atoms with Gasteiger partial charge in [-0.25, -0.2) is 8.42 Å². The van der Waals surface area contributed by atoms with Gasteiger partial charge in [0.2, 0.25) is 0 Å². The van der Waals surface area contributed by atoms with E-state index in [-0.39, 0.29) is 10.5 Å². The first-order valence-corrected chi connectivity index (χ1v) is 13.2. The van der Waals surface area contributed by atoms with Gasteiger partial charge in [-0.1, -0.05) is 12.1 Å². The summed E-state index contributed by atoms with van der Waals surface area (Å²) in [6.07, 6.45) is 2.00. The number of rotatable bonds is 9. The van der Waals surface area contributed by atoms with Gasteiger partial charge in [0.05, 0.1) is 11.5 Å². The van der Waals surface area contributed by atoms with E-state index in [0.29, 0.717) is 23.6 Å². The minimum Gasteiger partial charge on any atom is -0.494 e. The van der Waals surface area contributed by atoms with Crippen LogP contribution in [-0.2, 0) is 15.8 Å². The van der Waals surface area contributed by atoms with Crippen LogP contribution in [0.15, 0.2) is 77.7 Å². The van der Waals surface area contributed by atoms with Crippen LogP contribution < -0.4 is 20.3 Å². The molecule has 0 radical (unpaired) electrons. The normalized spacial score (nSPS) is 10.9. The number of carbonyl (C=O) groups is 2. The number of hydrazine groups is 1. The molecule has 0 unspecified atom stereocenters. The number of hydrogen-bond donors (Lipinski definition) is 3. The Hall–Kier alpha value is -3.50. The zero-order valence-electron chi connectivity index (χ0n) is 18.7. The van der Waals surface area contributed by atoms with Crippen LogP contribution in [-0.4, -0.2) is 33.1 Å². The molecule has 0 aliphatic rings. The Bertz CT molecular complexity index is 1230. The van der Waals surface area contributed by atoms with Crippen molar-refractivity contribution in [1.29, 1.82) is 0 Å². The summed E-state index contributed by atoms with van der Waals surface area (Å²) < 4.78 is 32.9. The molecule has 178 valence electrons. The molecule has 0 fully saturated rings. The van der Waals surface area contributed by atoms with Crippen molar-refractivity contribution in [3.8, 4) is 5.75 Å². The molecule has 0 aliphatic heterocycles. The lowest BCUT2D eigenvalue weighted by Gasteiger charge is -2.11. The first-order chi connectivity index (χ1) is 16.3. The maximum absolute atomic E-state index is 12.6. The molecule has 8 nitrogen and oxygen atoms in total. The SMILES string of the molecule is CCOc1ccc(S(=O)(=O)Nc2ccc(C(=O)NNC(=O)c3ccc(CSC)cc3)cc2)cc1. The fourth-order valence-corrected chi connectivity index (χ4v) is 4.55. The molecule has 2 amide bonds. The van der Waals surface area contributed by atoms with Crippen molar-refractivity contribution in [3.05, 3.63) is 89.5 Å². The quantitative estimate of drug-likeness (QED) is 0.386. The molecule has 0 atom stereocenters. The topological polar surface area (TPSA) is 114 Å². The van der Waals surface area contributed by atoms with Crippen LogP contribution in [0.1, 0.15) is 33.2 Å². The third kappa shape index (κ3) is 6.75. The van der Waals surface area contributed by atoms with Crippen LogP contribution in [0.2, 0.25) is 0 Å². The van der Waals surface area contributed by atoms with Gasteiger partial charge in [-0.05, 0) is 79.4 Å². The zero-order valence-corrected chi connectivity index (χ0v) is 20.3. The second-order valence-corrected chi connectivity index (χ2v) is 9.67. The number of anilines is 1. The highest BCUT2D eigenvalue weighted by Gasteiger charge is 2.15. The van der Waals surface area contributed by atoms with Gasteiger partial charge in [-0.2, -0.15) is 11.8 Å². The standard InChI is InChI=1S/C24H25N3O5S2/c1-3-32-21-12-14-22(15-13-21)34(30,31)27-20-10-8-19(9-11-20)24(29)26-25-23(28)18-6-4-17(5-7-18)16-33-2/h4-15,27H,3,16H2,1-2H3,(H,25,28)(H,26,29). The van der Waals surface area contributed by atoms with Gasteiger partial charge < -0.3 is 4.74 Å². The number of ether oxygens (including phenoxy) is 1. The van der Waals surface area contributed by atoms with Crippen LogP contribution in [0, 0.1) is 0 Å². The number of benzene rings is 3. The summed E-state index contributed by atoms with van der Waals surface area (Å²) in [6, 6.07) is 19.0. The number of thioether (sulfide) groups is 1. The fraction of sp³-hybridized carbons (Fsp3) is 0.167. The van der Waals surface area contributed by atoms with Gasteiger partial charge in [0.25, 0.3) is 21.8 Å². The number of amides is 2. The molecule has 34 heavy (non-hydrogen) atoms. The van der Waals surface area contributed by atoms with Crippen LogP contribution in [0.3, 0.4) is 0 Å². The van der Waals surface area contributed by atoms with Crippen LogP contribution >= 0.6 is 11.8 Å². The van der Waals surface area contributed by atoms with Gasteiger partial charge in [-0.15, -0.1) is 0 Å². The maximum Gasteiger partial charge on any atom is 0.269 e. The van der Waals surface area contributed by atoms with Gasteiger partial charge in [0.15, 0.2) is 0 Å². The van der Waals surface area contributed by atoms with Gasteiger partial charge in [0.1, 0.15) is 5.75 Å². The summed E-state index contributed by atoms with van der Waals surface area (Å²) >= 11 is 1.69. The predicted molar refractivity (Wildman–Crippen MR) is 133 cm³/mol. The molecular weight excluding hydrogens is 474 g/mol. The molecule has 3 rings (SSSR count). The molecule has 0 saturated heterocycles. The molecule has 0 heterocycles. The highest BCUT2D eigenvalue weighted by Crippen LogP contribution is 2.20. The third-order valence-electron chi connectivity index (χ3n) is 4.66. The molecule has 3 aromatic carbocycles. The van der Waals surface area contributed by atoms with E-state index in [9.17, 15) is 18.0 Å². The maximum atomic E-state index is 12.6. The average Bonchev–Trinajstić information content (AvgIpc) is 2.84. The number of carbonyl (C=O) groups excluding carboxylic acids is 2. The molecule has 10 heteroatoms. The molecule has 3 N–H and O–H groups in total. The molecule has 3 aromatic rings. The monoisotopic (exact) mass is 499 g/mol. The van der Waals surface area contributed by atoms with Crippen molar-refractivity contribution < 1.29 is 22.7 Å². The van der Waals surface area contributed by atoms with Crippen molar-refractivity contribution in [2.24, 2.45) is 0 Å². The minimum absolute atomic E-state index is 0.0852. The summed E-state index contributed by atoms with van der Waals surface area (Å²) in [5, 5.41) is 0. The second-order valence-electron chi connectivity index (χ2n) is 7.13. The number of hydrogen-bond acceptors (Lipinski definition) is 6. The lowest BCUT2D eigenvalue weighted by molar-refractivity contribution is 0.0846. The number of nitrogens with one attached hydrogen (secondary N) is 3. The molecule has 0 aromatic heterocycles. The Labute approximate surface area is 203 Å². The summed E-state index contributed by atoms with van der Waals surface area (Å²) in [6.45, 7) is 2.33. The van der Waals surface area contributed by atoms with Gasteiger partial charge in [0, 0.05) is 22.6 Å². The summed E-state index contributed by atoms with van der Waals surface area (Å²) in [5.41, 5.74) is 6.79. The first-order valence-electron chi connectivity index (χ1n) is 10.4. The highest BCUT2D eigenvalue weighted by atomic mass is 32.2. The Kier molecular flexibility index (Phi) is 8.55. The van der Waals surface area contributed by atoms with E-state index in [4.69, 9.17) is 4.74 Å². The van der Waals surface area contributed by atoms with Crippen molar-refractivity contribution in [1.82, 2.24) is 10.9 Å². The summed E-state index contributed by atoms with van der Waals surface area (Å²) in [7, 11) is -3.80. The van der Waals surface area contributed by atoms with Crippen molar-refractivity contribution in [2.45, 2.75) is 17.6 Å². The van der Waals surface area contributed by atoms with E-state index in [2.05, 4.69) is 15.6 Å². The Morgan fingerprint density at radius 3 is 1.85 bits per heavy atom. The largest absolute Gasteiger partial charge is 0.494 e. The molecule has 0 aliphatic carbocycles.